The summed E-state index contributed by atoms with van der Waals surface area (Å²) in [7, 11) is -3.64. The number of rotatable bonds is 7. The van der Waals surface area contributed by atoms with Crippen LogP contribution in [-0.4, -0.2) is 55.0 Å². The molecule has 0 amide bonds. The lowest BCUT2D eigenvalue weighted by Gasteiger charge is -2.54. The fraction of sp³-hybridized carbons (Fsp3) is 0.500. The first-order chi connectivity index (χ1) is 14.4. The summed E-state index contributed by atoms with van der Waals surface area (Å²) >= 11 is 0. The summed E-state index contributed by atoms with van der Waals surface area (Å²) in [5.74, 6) is 0.468. The normalized spacial score (nSPS) is 29.0. The van der Waals surface area contributed by atoms with Gasteiger partial charge in [-0.05, 0) is 43.6 Å². The van der Waals surface area contributed by atoms with Crippen molar-refractivity contribution in [3.8, 4) is 0 Å². The Morgan fingerprint density at radius 1 is 1.03 bits per heavy atom. The second-order valence-electron chi connectivity index (χ2n) is 8.54. The molecule has 0 unspecified atom stereocenters. The van der Waals surface area contributed by atoms with Crippen LogP contribution in [0.2, 0.25) is 0 Å². The zero-order chi connectivity index (χ0) is 21.5. The average Bonchev–Trinajstić information content (AvgIpc) is 3.09. The van der Waals surface area contributed by atoms with Gasteiger partial charge in [0.15, 0.2) is 0 Å². The lowest BCUT2D eigenvalue weighted by atomic mass is 9.59. The maximum atomic E-state index is 13.7. The number of hydrogen-bond acceptors (Lipinski definition) is 4. The Bertz CT molecular complexity index is 958. The van der Waals surface area contributed by atoms with Gasteiger partial charge >= 0.3 is 0 Å². The van der Waals surface area contributed by atoms with Crippen LogP contribution in [-0.2, 0) is 10.0 Å². The Hall–Kier alpha value is -1.73. The van der Waals surface area contributed by atoms with Crippen LogP contribution in [0.5, 0.6) is 0 Å². The predicted octanol–water partition coefficient (Wildman–Crippen LogP) is 3.31. The number of hydrogen-bond donors (Lipinski definition) is 1. The molecule has 1 aliphatic carbocycles. The monoisotopic (exact) mass is 428 g/mol. The molecule has 5 nitrogen and oxygen atoms in total. The molecule has 2 aliphatic rings. The van der Waals surface area contributed by atoms with E-state index in [4.69, 9.17) is 0 Å². The van der Waals surface area contributed by atoms with Gasteiger partial charge in [0.05, 0.1) is 10.9 Å². The molecular formula is C24H32N2O3S. The average molecular weight is 429 g/mol. The number of benzene rings is 2. The van der Waals surface area contributed by atoms with Gasteiger partial charge in [-0.3, -0.25) is 0 Å². The highest BCUT2D eigenvalue weighted by atomic mass is 32.2. The minimum atomic E-state index is -3.64. The highest BCUT2D eigenvalue weighted by Gasteiger charge is 2.62. The molecule has 162 valence electrons. The molecule has 30 heavy (non-hydrogen) atoms. The second-order valence-corrected chi connectivity index (χ2v) is 10.4. The summed E-state index contributed by atoms with van der Waals surface area (Å²) in [5, 5.41) is 10.1. The van der Waals surface area contributed by atoms with E-state index >= 15 is 0 Å². The summed E-state index contributed by atoms with van der Waals surface area (Å²) in [4.78, 5) is 2.73. The van der Waals surface area contributed by atoms with E-state index in [0.717, 1.165) is 24.2 Å². The molecule has 2 fully saturated rings. The van der Waals surface area contributed by atoms with Gasteiger partial charge in [-0.1, -0.05) is 61.9 Å². The van der Waals surface area contributed by atoms with Crippen molar-refractivity contribution in [1.29, 1.82) is 0 Å². The van der Waals surface area contributed by atoms with E-state index < -0.39 is 10.0 Å². The van der Waals surface area contributed by atoms with Crippen molar-refractivity contribution in [2.75, 3.05) is 26.2 Å². The summed E-state index contributed by atoms with van der Waals surface area (Å²) in [5.41, 5.74) is 2.08. The van der Waals surface area contributed by atoms with Gasteiger partial charge in [-0.25, -0.2) is 8.42 Å². The van der Waals surface area contributed by atoms with Gasteiger partial charge < -0.3 is 10.0 Å². The maximum Gasteiger partial charge on any atom is 0.243 e. The fourth-order valence-corrected chi connectivity index (χ4v) is 7.34. The molecule has 0 aromatic heterocycles. The van der Waals surface area contributed by atoms with Gasteiger partial charge in [-0.15, -0.1) is 0 Å². The largest absolute Gasteiger partial charge is 0.396 e. The Balaban J connectivity index is 1.78. The van der Waals surface area contributed by atoms with Crippen molar-refractivity contribution >= 4 is 10.0 Å². The molecule has 0 spiro atoms. The van der Waals surface area contributed by atoms with Gasteiger partial charge in [0, 0.05) is 31.0 Å². The van der Waals surface area contributed by atoms with Crippen LogP contribution in [0.25, 0.3) is 0 Å². The smallest absolute Gasteiger partial charge is 0.243 e. The van der Waals surface area contributed by atoms with Crippen molar-refractivity contribution < 1.29 is 13.5 Å². The van der Waals surface area contributed by atoms with E-state index in [2.05, 4.69) is 18.7 Å². The maximum absolute atomic E-state index is 13.7. The standard InChI is InChI=1S/C24H32N2O3S/c1-4-25(5-2)24-21(16-27)20-15-26(23(22(20)24)18-9-7-6-8-10-18)30(28,29)19-13-11-17(3)12-14-19/h6-14,20-24,27H,4-5,15-16H2,1-3H3/t20-,21+,22+,23-,24-/m1/s1. The van der Waals surface area contributed by atoms with Gasteiger partial charge in [0.25, 0.3) is 0 Å². The molecule has 2 aromatic carbocycles. The van der Waals surface area contributed by atoms with E-state index in [-0.39, 0.29) is 36.4 Å². The van der Waals surface area contributed by atoms with Crippen molar-refractivity contribution in [3.63, 3.8) is 0 Å². The van der Waals surface area contributed by atoms with Crippen LogP contribution in [0, 0.1) is 24.7 Å². The number of aryl methyl sites for hydroxylation is 1. The van der Waals surface area contributed by atoms with Crippen LogP contribution < -0.4 is 0 Å². The summed E-state index contributed by atoms with van der Waals surface area (Å²) < 4.78 is 29.1. The Morgan fingerprint density at radius 2 is 1.67 bits per heavy atom. The first-order valence-electron chi connectivity index (χ1n) is 10.9. The third-order valence-electron chi connectivity index (χ3n) is 7.16. The highest BCUT2D eigenvalue weighted by Crippen LogP contribution is 2.58. The fourth-order valence-electron chi connectivity index (χ4n) is 5.66. The van der Waals surface area contributed by atoms with Crippen molar-refractivity contribution in [1.82, 2.24) is 9.21 Å². The van der Waals surface area contributed by atoms with Gasteiger partial charge in [0.2, 0.25) is 10.0 Å². The second kappa shape index (κ2) is 8.42. The van der Waals surface area contributed by atoms with Crippen LogP contribution in [0.3, 0.4) is 0 Å². The Kier molecular flexibility index (Phi) is 6.04. The third-order valence-corrected chi connectivity index (χ3v) is 9.02. The molecule has 1 aliphatic heterocycles. The first-order valence-corrected chi connectivity index (χ1v) is 12.4. The molecule has 2 aromatic rings. The van der Waals surface area contributed by atoms with Crippen LogP contribution >= 0.6 is 0 Å². The number of aliphatic hydroxyl groups is 1. The third kappa shape index (κ3) is 3.40. The zero-order valence-electron chi connectivity index (χ0n) is 18.0. The molecule has 4 rings (SSSR count). The van der Waals surface area contributed by atoms with Crippen molar-refractivity contribution in [2.24, 2.45) is 17.8 Å². The molecule has 5 atom stereocenters. The molecule has 0 bridgehead atoms. The number of nitrogens with zero attached hydrogens (tertiary/aromatic N) is 2. The molecule has 1 saturated heterocycles. The number of sulfonamides is 1. The summed E-state index contributed by atoms with van der Waals surface area (Å²) in [6, 6.07) is 17.1. The molecule has 1 saturated carbocycles. The van der Waals surface area contributed by atoms with Gasteiger partial charge in [-0.2, -0.15) is 4.31 Å². The van der Waals surface area contributed by atoms with Crippen LogP contribution in [0.1, 0.15) is 31.0 Å². The van der Waals surface area contributed by atoms with Crippen molar-refractivity contribution in [2.45, 2.75) is 37.8 Å². The number of aliphatic hydroxyl groups excluding tert-OH is 1. The predicted molar refractivity (Wildman–Crippen MR) is 119 cm³/mol. The lowest BCUT2D eigenvalue weighted by molar-refractivity contribution is -0.0702. The van der Waals surface area contributed by atoms with E-state index in [1.54, 1.807) is 16.4 Å². The molecular weight excluding hydrogens is 396 g/mol. The Morgan fingerprint density at radius 3 is 2.23 bits per heavy atom. The van der Waals surface area contributed by atoms with E-state index in [1.165, 1.54) is 0 Å². The number of fused-ring (bicyclic) bond motifs is 1. The summed E-state index contributed by atoms with van der Waals surface area (Å²) in [6.07, 6.45) is 0. The first kappa shape index (κ1) is 21.5. The molecule has 1 heterocycles. The van der Waals surface area contributed by atoms with Gasteiger partial charge in [0.1, 0.15) is 0 Å². The van der Waals surface area contributed by atoms with E-state index in [9.17, 15) is 13.5 Å². The van der Waals surface area contributed by atoms with E-state index in [0.29, 0.717) is 11.4 Å². The minimum absolute atomic E-state index is 0.0995. The zero-order valence-corrected chi connectivity index (χ0v) is 18.8. The quantitative estimate of drug-likeness (QED) is 0.735. The van der Waals surface area contributed by atoms with Crippen molar-refractivity contribution in [3.05, 3.63) is 65.7 Å². The van der Waals surface area contributed by atoms with E-state index in [1.807, 2.05) is 49.4 Å². The van der Waals surface area contributed by atoms with Crippen LogP contribution in [0.15, 0.2) is 59.5 Å². The molecule has 0 radical (unpaired) electrons. The molecule has 6 heteroatoms. The SMILES string of the molecule is CCN(CC)[C@@H]1[C@@H](CO)[C@H]2CN(S(=O)(=O)c3ccc(C)cc3)[C@H](c3ccccc3)[C@H]21. The van der Waals surface area contributed by atoms with Crippen LogP contribution in [0.4, 0.5) is 0 Å². The molecule has 1 N–H and O–H groups in total. The minimum Gasteiger partial charge on any atom is -0.396 e. The summed E-state index contributed by atoms with van der Waals surface area (Å²) in [6.45, 7) is 8.59. The lowest BCUT2D eigenvalue weighted by Crippen LogP contribution is -2.61. The Labute approximate surface area is 180 Å². The highest BCUT2D eigenvalue weighted by molar-refractivity contribution is 7.89. The topological polar surface area (TPSA) is 60.9 Å².